The molecule has 0 amide bonds. The molecule has 2 aliphatic heterocycles. The molecule has 0 saturated heterocycles. The number of hydrogen-bond acceptors (Lipinski definition) is 1. The Hall–Kier alpha value is -2.35. The Labute approximate surface area is 118 Å². The zero-order valence-corrected chi connectivity index (χ0v) is 11.9. The van der Waals surface area contributed by atoms with Gasteiger partial charge in [0.15, 0.2) is 0 Å². The molecule has 0 spiro atoms. The van der Waals surface area contributed by atoms with Crippen molar-refractivity contribution in [3.63, 3.8) is 0 Å². The van der Waals surface area contributed by atoms with E-state index in [0.29, 0.717) is 0 Å². The van der Waals surface area contributed by atoms with E-state index in [-0.39, 0.29) is 0 Å². The summed E-state index contributed by atoms with van der Waals surface area (Å²) in [5.74, 6) is 1.06. The molecule has 2 heteroatoms. The Morgan fingerprint density at radius 2 is 1.65 bits per heavy atom. The van der Waals surface area contributed by atoms with Crippen molar-refractivity contribution in [3.8, 4) is 11.4 Å². The minimum atomic E-state index is 1.06. The molecule has 0 atom stereocenters. The highest BCUT2D eigenvalue weighted by Gasteiger charge is 2.16. The summed E-state index contributed by atoms with van der Waals surface area (Å²) in [6, 6.07) is 15.3. The van der Waals surface area contributed by atoms with E-state index in [4.69, 9.17) is 4.98 Å². The first kappa shape index (κ1) is 11.5. The lowest BCUT2D eigenvalue weighted by atomic mass is 10.0. The van der Waals surface area contributed by atoms with Crippen LogP contribution in [0.4, 0.5) is 0 Å². The third kappa shape index (κ3) is 1.48. The summed E-state index contributed by atoms with van der Waals surface area (Å²) >= 11 is 0. The number of rotatable bonds is 0. The second-order valence-electron chi connectivity index (χ2n) is 5.64. The number of nitrogens with zero attached hydrogens (tertiary/aromatic N) is 2. The van der Waals surface area contributed by atoms with Crippen LogP contribution in [-0.4, -0.2) is 9.55 Å². The summed E-state index contributed by atoms with van der Waals surface area (Å²) in [4.78, 5) is 4.79. The summed E-state index contributed by atoms with van der Waals surface area (Å²) in [5, 5.41) is 2.52. The van der Waals surface area contributed by atoms with E-state index in [0.717, 1.165) is 11.3 Å². The van der Waals surface area contributed by atoms with Crippen molar-refractivity contribution >= 4 is 21.8 Å². The number of fused-ring (bicyclic) bond motifs is 4. The average Bonchev–Trinajstić information content (AvgIpc) is 2.77. The summed E-state index contributed by atoms with van der Waals surface area (Å²) in [6.45, 7) is 4.26. The number of aryl methyl sites for hydroxylation is 3. The Kier molecular flexibility index (Phi) is 2.19. The third-order valence-electron chi connectivity index (χ3n) is 4.07. The zero-order valence-electron chi connectivity index (χ0n) is 11.9. The second-order valence-corrected chi connectivity index (χ2v) is 5.64. The molecule has 0 radical (unpaired) electrons. The molecule has 2 nitrogen and oxygen atoms in total. The number of pyridine rings is 1. The molecule has 98 valence electrons. The van der Waals surface area contributed by atoms with Crippen molar-refractivity contribution in [2.75, 3.05) is 0 Å². The van der Waals surface area contributed by atoms with Gasteiger partial charge in [-0.2, -0.15) is 0 Å². The predicted molar refractivity (Wildman–Crippen MR) is 84.3 cm³/mol. The molecule has 0 bridgehead atoms. The van der Waals surface area contributed by atoms with Gasteiger partial charge in [-0.05, 0) is 49.6 Å². The van der Waals surface area contributed by atoms with Crippen molar-refractivity contribution in [3.05, 3.63) is 53.6 Å². The first-order chi connectivity index (χ1) is 9.63. The maximum Gasteiger partial charge on any atom is 0.141 e. The van der Waals surface area contributed by atoms with E-state index in [1.54, 1.807) is 0 Å². The van der Waals surface area contributed by atoms with E-state index in [2.05, 4.69) is 67.9 Å². The molecule has 2 aliphatic rings. The quantitative estimate of drug-likeness (QED) is 0.457. The fourth-order valence-corrected chi connectivity index (χ4v) is 3.02. The van der Waals surface area contributed by atoms with Gasteiger partial charge in [-0.15, -0.1) is 0 Å². The van der Waals surface area contributed by atoms with Crippen molar-refractivity contribution in [1.29, 1.82) is 0 Å². The van der Waals surface area contributed by atoms with Crippen LogP contribution in [-0.2, 0) is 7.05 Å². The second kappa shape index (κ2) is 3.83. The Bertz CT molecular complexity index is 931. The van der Waals surface area contributed by atoms with Crippen molar-refractivity contribution in [2.24, 2.45) is 7.05 Å². The maximum absolute atomic E-state index is 4.79. The molecule has 0 aromatic heterocycles. The fraction of sp³-hybridized carbons (Fsp3) is 0.167. The van der Waals surface area contributed by atoms with Gasteiger partial charge in [0, 0.05) is 23.5 Å². The molecule has 2 aromatic rings. The smallest absolute Gasteiger partial charge is 0.141 e. The monoisotopic (exact) mass is 260 g/mol. The van der Waals surface area contributed by atoms with Gasteiger partial charge in [0.2, 0.25) is 0 Å². The van der Waals surface area contributed by atoms with Gasteiger partial charge in [0.05, 0.1) is 5.52 Å². The average molecular weight is 260 g/mol. The van der Waals surface area contributed by atoms with E-state index in [1.165, 1.54) is 33.0 Å². The molecular weight excluding hydrogens is 244 g/mol. The fourth-order valence-electron chi connectivity index (χ4n) is 3.02. The molecular formula is C18H16N2. The van der Waals surface area contributed by atoms with Crippen LogP contribution < -0.4 is 0 Å². The largest absolute Gasteiger partial charge is 0.328 e. The van der Waals surface area contributed by atoms with Crippen LogP contribution >= 0.6 is 0 Å². The Morgan fingerprint density at radius 3 is 2.50 bits per heavy atom. The molecule has 2 aromatic carbocycles. The molecule has 0 saturated carbocycles. The molecule has 2 heterocycles. The van der Waals surface area contributed by atoms with Crippen molar-refractivity contribution < 1.29 is 0 Å². The summed E-state index contributed by atoms with van der Waals surface area (Å²) in [5.41, 5.74) is 6.11. The molecule has 0 unspecified atom stereocenters. The lowest BCUT2D eigenvalue weighted by Gasteiger charge is -2.11. The summed E-state index contributed by atoms with van der Waals surface area (Å²) < 4.78 is 2.19. The first-order valence-electron chi connectivity index (χ1n) is 6.90. The van der Waals surface area contributed by atoms with Gasteiger partial charge in [0.25, 0.3) is 0 Å². The minimum Gasteiger partial charge on any atom is -0.328 e. The summed E-state index contributed by atoms with van der Waals surface area (Å²) in [6.07, 6.45) is 0. The Morgan fingerprint density at radius 1 is 0.900 bits per heavy atom. The van der Waals surface area contributed by atoms with E-state index >= 15 is 0 Å². The van der Waals surface area contributed by atoms with Crippen LogP contribution in [0.5, 0.6) is 0 Å². The van der Waals surface area contributed by atoms with Gasteiger partial charge in [-0.25, -0.2) is 4.98 Å². The van der Waals surface area contributed by atoms with E-state index < -0.39 is 0 Å². The highest BCUT2D eigenvalue weighted by Crippen LogP contribution is 2.34. The van der Waals surface area contributed by atoms with Gasteiger partial charge in [-0.1, -0.05) is 23.3 Å². The maximum atomic E-state index is 4.79. The molecule has 0 N–H and O–H groups in total. The van der Waals surface area contributed by atoms with Crippen molar-refractivity contribution in [2.45, 2.75) is 13.8 Å². The Balaban J connectivity index is 2.23. The van der Waals surface area contributed by atoms with Gasteiger partial charge >= 0.3 is 0 Å². The number of aromatic nitrogens is 2. The van der Waals surface area contributed by atoms with Crippen LogP contribution in [0.2, 0.25) is 0 Å². The van der Waals surface area contributed by atoms with Crippen molar-refractivity contribution in [1.82, 2.24) is 9.55 Å². The highest BCUT2D eigenvalue weighted by atomic mass is 15.0. The molecule has 0 aliphatic carbocycles. The topological polar surface area (TPSA) is 17.8 Å². The molecule has 20 heavy (non-hydrogen) atoms. The first-order valence-corrected chi connectivity index (χ1v) is 6.90. The molecule has 4 rings (SSSR count). The normalized spacial score (nSPS) is 11.8. The van der Waals surface area contributed by atoms with Crippen LogP contribution in [0, 0.1) is 13.8 Å². The highest BCUT2D eigenvalue weighted by molar-refractivity contribution is 6.01. The van der Waals surface area contributed by atoms with Crippen LogP contribution in [0.25, 0.3) is 33.2 Å². The lowest BCUT2D eigenvalue weighted by Crippen LogP contribution is -1.99. The van der Waals surface area contributed by atoms with Gasteiger partial charge in [-0.3, -0.25) is 0 Å². The van der Waals surface area contributed by atoms with Gasteiger partial charge in [0.1, 0.15) is 5.82 Å². The number of hydrogen-bond donors (Lipinski definition) is 0. The van der Waals surface area contributed by atoms with Crippen LogP contribution in [0.1, 0.15) is 11.1 Å². The standard InChI is InChI=1S/C18H16N2/c1-11-5-7-17-13(8-11)10-15-14-9-12(2)4-6-16(14)19-18(15)20(17)3/h4-10H,1-3H3. The SMILES string of the molecule is Cc1ccc2c(c1)cc1c3cc(C)ccc3nc-1n2C. The van der Waals surface area contributed by atoms with Crippen LogP contribution in [0.15, 0.2) is 42.5 Å². The minimum absolute atomic E-state index is 1.06. The summed E-state index contributed by atoms with van der Waals surface area (Å²) in [7, 11) is 2.10. The zero-order chi connectivity index (χ0) is 13.9. The van der Waals surface area contributed by atoms with Gasteiger partial charge < -0.3 is 4.57 Å². The number of benzene rings is 2. The van der Waals surface area contributed by atoms with E-state index in [1.807, 2.05) is 0 Å². The predicted octanol–water partition coefficient (Wildman–Crippen LogP) is 4.45. The van der Waals surface area contributed by atoms with E-state index in [9.17, 15) is 0 Å². The molecule has 0 fully saturated rings. The van der Waals surface area contributed by atoms with Crippen LogP contribution in [0.3, 0.4) is 0 Å². The lowest BCUT2D eigenvalue weighted by molar-refractivity contribution is 0.939. The third-order valence-corrected chi connectivity index (χ3v) is 4.07.